The normalized spacial score (nSPS) is 14.7. The van der Waals surface area contributed by atoms with Crippen LogP contribution in [0.25, 0.3) is 10.9 Å². The van der Waals surface area contributed by atoms with E-state index in [4.69, 9.17) is 0 Å². The van der Waals surface area contributed by atoms with Gasteiger partial charge in [-0.15, -0.1) is 13.2 Å². The Morgan fingerprint density at radius 2 is 1.79 bits per heavy atom. The van der Waals surface area contributed by atoms with E-state index in [2.05, 4.69) is 10.1 Å². The summed E-state index contributed by atoms with van der Waals surface area (Å²) in [5.74, 6) is -2.56. The highest BCUT2D eigenvalue weighted by Gasteiger charge is 2.30. The van der Waals surface area contributed by atoms with Crippen LogP contribution in [-0.2, 0) is 22.6 Å². The van der Waals surface area contributed by atoms with Crippen LogP contribution in [0, 0.1) is 11.6 Å². The summed E-state index contributed by atoms with van der Waals surface area (Å²) in [4.78, 5) is 26.0. The van der Waals surface area contributed by atoms with E-state index in [1.54, 1.807) is 6.07 Å². The van der Waals surface area contributed by atoms with Crippen LogP contribution < -0.4 is 5.32 Å². The van der Waals surface area contributed by atoms with Crippen LogP contribution in [0.1, 0.15) is 40.2 Å². The molecule has 1 aliphatic rings. The molecule has 0 saturated carbocycles. The van der Waals surface area contributed by atoms with Gasteiger partial charge in [-0.2, -0.15) is 0 Å². The van der Waals surface area contributed by atoms with E-state index in [0.29, 0.717) is 24.0 Å². The van der Waals surface area contributed by atoms with E-state index >= 15 is 0 Å². The van der Waals surface area contributed by atoms with Gasteiger partial charge in [-0.1, -0.05) is 18.2 Å². The fourth-order valence-electron chi connectivity index (χ4n) is 4.74. The maximum absolute atomic E-state index is 14.7. The summed E-state index contributed by atoms with van der Waals surface area (Å²) in [6, 6.07) is 8.49. The summed E-state index contributed by atoms with van der Waals surface area (Å²) in [6.45, 7) is -1.53. The number of ether oxygens (including phenoxy) is 1. The van der Waals surface area contributed by atoms with Gasteiger partial charge in [0, 0.05) is 37.8 Å². The smallest absolute Gasteiger partial charge is 0.350 e. The Bertz CT molecular complexity index is 1320. The second kappa shape index (κ2) is 11.5. The molecule has 6 nitrogen and oxygen atoms in total. The predicted octanol–water partition coefficient (Wildman–Crippen LogP) is 5.06. The Morgan fingerprint density at radius 1 is 1.05 bits per heavy atom. The number of fused-ring (bicyclic) bond motifs is 1. The zero-order valence-corrected chi connectivity index (χ0v) is 20.2. The Kier molecular flexibility index (Phi) is 8.29. The van der Waals surface area contributed by atoms with Crippen LogP contribution in [0.5, 0.6) is 0 Å². The van der Waals surface area contributed by atoms with Gasteiger partial charge in [0.2, 0.25) is 0 Å². The molecule has 3 aromatic rings. The second-order valence-corrected chi connectivity index (χ2v) is 9.00. The number of piperidine rings is 1. The number of amides is 2. The van der Waals surface area contributed by atoms with Crippen molar-refractivity contribution >= 4 is 22.7 Å². The molecule has 2 aromatic carbocycles. The number of benzene rings is 2. The van der Waals surface area contributed by atoms with Crippen molar-refractivity contribution in [1.82, 2.24) is 14.8 Å². The van der Waals surface area contributed by atoms with Gasteiger partial charge in [0.25, 0.3) is 11.8 Å². The number of rotatable bonds is 8. The average molecular weight is 541 g/mol. The van der Waals surface area contributed by atoms with E-state index < -0.39 is 43.1 Å². The number of aromatic nitrogens is 1. The van der Waals surface area contributed by atoms with E-state index in [1.165, 1.54) is 46.0 Å². The Balaban J connectivity index is 1.47. The van der Waals surface area contributed by atoms with Crippen molar-refractivity contribution in [3.63, 3.8) is 0 Å². The van der Waals surface area contributed by atoms with Crippen LogP contribution in [0.4, 0.5) is 26.3 Å². The largest absolute Gasteiger partial charge is 0.522 e. The van der Waals surface area contributed by atoms with Crippen molar-refractivity contribution in [3.8, 4) is 0 Å². The van der Waals surface area contributed by atoms with Crippen molar-refractivity contribution in [1.29, 1.82) is 0 Å². The number of nitrogens with zero attached hydrogens (tertiary/aromatic N) is 2. The third-order valence-corrected chi connectivity index (χ3v) is 6.58. The first-order chi connectivity index (χ1) is 18.1. The SMILES string of the molecule is O=C(CF)NCc1ccc(F)c(C2CCN(C(=O)c3cn(CCOC(F)(F)F)c4cccc(F)c34)CC2)c1. The molecule has 0 atom stereocenters. The van der Waals surface area contributed by atoms with Gasteiger partial charge in [-0.25, -0.2) is 13.2 Å². The third kappa shape index (κ3) is 6.29. The van der Waals surface area contributed by atoms with Gasteiger partial charge in [0.05, 0.1) is 17.7 Å². The molecule has 1 fully saturated rings. The van der Waals surface area contributed by atoms with Crippen molar-refractivity contribution in [2.75, 3.05) is 26.4 Å². The molecule has 4 rings (SSSR count). The standard InChI is InChI=1S/C26H25F6N3O3/c27-13-23(36)33-14-16-4-5-20(28)18(12-16)17-6-8-34(9-7-17)25(37)19-15-35(10-11-38-26(30,31)32)22-3-1-2-21(29)24(19)22/h1-5,12,15,17H,6-11,13-14H2,(H,33,36). The molecule has 204 valence electrons. The van der Waals surface area contributed by atoms with E-state index in [1.807, 2.05) is 0 Å². The van der Waals surface area contributed by atoms with Crippen LogP contribution >= 0.6 is 0 Å². The summed E-state index contributed by atoms with van der Waals surface area (Å²) < 4.78 is 84.0. The molecule has 1 saturated heterocycles. The van der Waals surface area contributed by atoms with Gasteiger partial charge in [0.15, 0.2) is 6.67 Å². The number of carbonyl (C=O) groups excluding carboxylic acids is 2. The first kappa shape index (κ1) is 27.5. The average Bonchev–Trinajstić information content (AvgIpc) is 3.26. The summed E-state index contributed by atoms with van der Waals surface area (Å²) >= 11 is 0. The highest BCUT2D eigenvalue weighted by Crippen LogP contribution is 2.33. The Labute approximate surface area is 214 Å². The van der Waals surface area contributed by atoms with Crippen molar-refractivity contribution in [2.24, 2.45) is 0 Å². The van der Waals surface area contributed by atoms with E-state index in [-0.39, 0.29) is 48.6 Å². The van der Waals surface area contributed by atoms with Gasteiger partial charge in [-0.3, -0.25) is 14.3 Å². The van der Waals surface area contributed by atoms with Crippen LogP contribution in [0.15, 0.2) is 42.6 Å². The highest BCUT2D eigenvalue weighted by molar-refractivity contribution is 6.07. The number of hydrogen-bond donors (Lipinski definition) is 1. The maximum atomic E-state index is 14.7. The lowest BCUT2D eigenvalue weighted by molar-refractivity contribution is -0.325. The first-order valence-corrected chi connectivity index (χ1v) is 12.0. The molecule has 0 spiro atoms. The molecule has 1 aliphatic heterocycles. The lowest BCUT2D eigenvalue weighted by Crippen LogP contribution is -2.38. The number of likely N-dealkylation sites (tertiary alicyclic amines) is 1. The maximum Gasteiger partial charge on any atom is 0.522 e. The number of nitrogens with one attached hydrogen (secondary N) is 1. The molecule has 1 aromatic heterocycles. The summed E-state index contributed by atoms with van der Waals surface area (Å²) in [6.07, 6.45) is -2.64. The third-order valence-electron chi connectivity index (χ3n) is 6.58. The molecular weight excluding hydrogens is 516 g/mol. The molecule has 1 N–H and O–H groups in total. The van der Waals surface area contributed by atoms with E-state index in [9.17, 15) is 35.9 Å². The van der Waals surface area contributed by atoms with Gasteiger partial charge >= 0.3 is 6.36 Å². The van der Waals surface area contributed by atoms with Crippen molar-refractivity contribution in [3.05, 3.63) is 70.9 Å². The molecule has 0 bridgehead atoms. The molecule has 0 radical (unpaired) electrons. The summed E-state index contributed by atoms with van der Waals surface area (Å²) in [7, 11) is 0. The van der Waals surface area contributed by atoms with Crippen LogP contribution in [-0.4, -0.2) is 54.0 Å². The van der Waals surface area contributed by atoms with Gasteiger partial charge < -0.3 is 14.8 Å². The topological polar surface area (TPSA) is 63.6 Å². The van der Waals surface area contributed by atoms with E-state index in [0.717, 1.165) is 0 Å². The second-order valence-electron chi connectivity index (χ2n) is 9.00. The molecule has 12 heteroatoms. The molecule has 38 heavy (non-hydrogen) atoms. The minimum atomic E-state index is -4.81. The lowest BCUT2D eigenvalue weighted by Gasteiger charge is -2.32. The number of halogens is 6. The Hall–Kier alpha value is -3.54. The molecule has 2 heterocycles. The van der Waals surface area contributed by atoms with Crippen molar-refractivity contribution < 1.29 is 40.7 Å². The van der Waals surface area contributed by atoms with Crippen LogP contribution in [0.3, 0.4) is 0 Å². The highest BCUT2D eigenvalue weighted by atomic mass is 19.4. The zero-order chi connectivity index (χ0) is 27.4. The van der Waals surface area contributed by atoms with Gasteiger partial charge in [-0.05, 0) is 48.1 Å². The summed E-state index contributed by atoms with van der Waals surface area (Å²) in [5.41, 5.74) is 1.34. The number of hydrogen-bond acceptors (Lipinski definition) is 3. The Morgan fingerprint density at radius 3 is 2.47 bits per heavy atom. The van der Waals surface area contributed by atoms with Crippen LogP contribution in [0.2, 0.25) is 0 Å². The minimum Gasteiger partial charge on any atom is -0.350 e. The first-order valence-electron chi connectivity index (χ1n) is 12.0. The van der Waals surface area contributed by atoms with Crippen molar-refractivity contribution in [2.45, 2.75) is 38.2 Å². The lowest BCUT2D eigenvalue weighted by atomic mass is 9.88. The molecular formula is C26H25F6N3O3. The monoisotopic (exact) mass is 541 g/mol. The molecule has 0 unspecified atom stereocenters. The van der Waals surface area contributed by atoms with Gasteiger partial charge in [0.1, 0.15) is 11.6 Å². The predicted molar refractivity (Wildman–Crippen MR) is 126 cm³/mol. The fourth-order valence-corrected chi connectivity index (χ4v) is 4.74. The zero-order valence-electron chi connectivity index (χ0n) is 20.2. The molecule has 0 aliphatic carbocycles. The quantitative estimate of drug-likeness (QED) is 0.406. The summed E-state index contributed by atoms with van der Waals surface area (Å²) in [5, 5.41) is 2.41. The molecule has 2 amide bonds. The number of alkyl halides is 4. The fraction of sp³-hybridized carbons (Fsp3) is 0.385. The minimum absolute atomic E-state index is 0.0145. The number of carbonyl (C=O) groups is 2.